The molecular weight excluding hydrogens is 248 g/mol. The van der Waals surface area contributed by atoms with Crippen LogP contribution in [0, 0.1) is 0 Å². The number of rotatable bonds is 5. The number of para-hydroxylation sites is 1. The van der Waals surface area contributed by atoms with E-state index in [0.717, 1.165) is 0 Å². The topological polar surface area (TPSA) is 72.2 Å². The predicted molar refractivity (Wildman–Crippen MR) is 68.7 cm³/mol. The number of hydrogen-bond donors (Lipinski definition) is 2. The summed E-state index contributed by atoms with van der Waals surface area (Å²) in [7, 11) is -2.90. The summed E-state index contributed by atoms with van der Waals surface area (Å²) in [4.78, 5) is 0. The van der Waals surface area contributed by atoms with E-state index in [9.17, 15) is 8.42 Å². The Kier molecular flexibility index (Phi) is 4.44. The van der Waals surface area contributed by atoms with Crippen LogP contribution in [0.2, 0.25) is 5.02 Å². The third kappa shape index (κ3) is 4.28. The van der Waals surface area contributed by atoms with Gasteiger partial charge in [0, 0.05) is 12.8 Å². The first-order chi connectivity index (χ1) is 7.40. The lowest BCUT2D eigenvalue weighted by molar-refractivity contribution is 0.600. The molecular formula is C10H15ClN2O2S. The molecule has 1 rings (SSSR count). The summed E-state index contributed by atoms with van der Waals surface area (Å²) in [6, 6.07) is 5.24. The minimum absolute atomic E-state index is 0.157. The van der Waals surface area contributed by atoms with E-state index in [1.54, 1.807) is 18.2 Å². The van der Waals surface area contributed by atoms with Crippen LogP contribution in [0.5, 0.6) is 0 Å². The fraction of sp³-hybridized carbons (Fsp3) is 0.400. The van der Waals surface area contributed by atoms with Crippen LogP contribution in [-0.4, -0.2) is 27.0 Å². The molecule has 0 amide bonds. The summed E-state index contributed by atoms with van der Waals surface area (Å²) < 4.78 is 21.8. The maximum absolute atomic E-state index is 10.9. The molecule has 16 heavy (non-hydrogen) atoms. The highest BCUT2D eigenvalue weighted by Gasteiger charge is 2.05. The lowest BCUT2D eigenvalue weighted by Gasteiger charge is -2.10. The van der Waals surface area contributed by atoms with Crippen molar-refractivity contribution in [2.24, 2.45) is 0 Å². The first-order valence-corrected chi connectivity index (χ1v) is 7.29. The van der Waals surface area contributed by atoms with Crippen molar-refractivity contribution in [3.63, 3.8) is 0 Å². The Hall–Kier alpha value is -0.940. The van der Waals surface area contributed by atoms with Gasteiger partial charge in [0.25, 0.3) is 0 Å². The van der Waals surface area contributed by atoms with Crippen LogP contribution in [-0.2, 0) is 9.84 Å². The summed E-state index contributed by atoms with van der Waals surface area (Å²) >= 11 is 5.94. The second kappa shape index (κ2) is 5.41. The minimum atomic E-state index is -2.90. The summed E-state index contributed by atoms with van der Waals surface area (Å²) in [5, 5.41) is 3.57. The standard InChI is InChI=1S/C10H15ClN2O2S/c1-16(14,15)7-3-6-13-10-8(11)4-2-5-9(10)12/h2,4-5,13H,3,6-7,12H2,1H3. The van der Waals surface area contributed by atoms with Gasteiger partial charge in [-0.3, -0.25) is 0 Å². The fourth-order valence-electron chi connectivity index (χ4n) is 1.28. The summed E-state index contributed by atoms with van der Waals surface area (Å²) in [6.07, 6.45) is 1.75. The average Bonchev–Trinajstić information content (AvgIpc) is 2.14. The number of nitrogen functional groups attached to an aromatic ring is 1. The van der Waals surface area contributed by atoms with Gasteiger partial charge < -0.3 is 11.1 Å². The molecule has 0 heterocycles. The molecule has 1 aromatic carbocycles. The lowest BCUT2D eigenvalue weighted by atomic mass is 10.2. The van der Waals surface area contributed by atoms with Crippen LogP contribution >= 0.6 is 11.6 Å². The van der Waals surface area contributed by atoms with E-state index in [-0.39, 0.29) is 5.75 Å². The molecule has 0 unspecified atom stereocenters. The highest BCUT2D eigenvalue weighted by Crippen LogP contribution is 2.27. The van der Waals surface area contributed by atoms with Crippen LogP contribution in [0.1, 0.15) is 6.42 Å². The molecule has 6 heteroatoms. The number of anilines is 2. The van der Waals surface area contributed by atoms with E-state index in [1.807, 2.05) is 0 Å². The largest absolute Gasteiger partial charge is 0.397 e. The third-order valence-corrected chi connectivity index (χ3v) is 3.38. The number of hydrogen-bond acceptors (Lipinski definition) is 4. The first kappa shape index (κ1) is 13.1. The van der Waals surface area contributed by atoms with E-state index >= 15 is 0 Å². The zero-order valence-electron chi connectivity index (χ0n) is 9.03. The Labute approximate surface area is 101 Å². The van der Waals surface area contributed by atoms with E-state index in [2.05, 4.69) is 5.32 Å². The lowest BCUT2D eigenvalue weighted by Crippen LogP contribution is -2.10. The van der Waals surface area contributed by atoms with Crippen molar-refractivity contribution in [3.8, 4) is 0 Å². The maximum atomic E-state index is 10.9. The van der Waals surface area contributed by atoms with Crippen molar-refractivity contribution in [3.05, 3.63) is 23.2 Å². The van der Waals surface area contributed by atoms with Crippen LogP contribution < -0.4 is 11.1 Å². The van der Waals surface area contributed by atoms with Crippen molar-refractivity contribution < 1.29 is 8.42 Å². The van der Waals surface area contributed by atoms with Gasteiger partial charge in [0.05, 0.1) is 22.2 Å². The molecule has 0 bridgehead atoms. The van der Waals surface area contributed by atoms with E-state index < -0.39 is 9.84 Å². The summed E-state index contributed by atoms with van der Waals surface area (Å²) in [5.41, 5.74) is 6.95. The predicted octanol–water partition coefficient (Wildman–Crippen LogP) is 1.77. The highest BCUT2D eigenvalue weighted by molar-refractivity contribution is 7.90. The summed E-state index contributed by atoms with van der Waals surface area (Å²) in [6.45, 7) is 0.529. The minimum Gasteiger partial charge on any atom is -0.397 e. The van der Waals surface area contributed by atoms with E-state index in [0.29, 0.717) is 29.4 Å². The molecule has 1 aromatic rings. The average molecular weight is 263 g/mol. The zero-order valence-corrected chi connectivity index (χ0v) is 10.6. The van der Waals surface area contributed by atoms with Crippen LogP contribution in [0.3, 0.4) is 0 Å². The Morgan fingerprint density at radius 1 is 1.44 bits per heavy atom. The quantitative estimate of drug-likeness (QED) is 0.627. The number of halogens is 1. The molecule has 3 N–H and O–H groups in total. The molecule has 0 saturated carbocycles. The molecule has 0 spiro atoms. The summed E-state index contributed by atoms with van der Waals surface area (Å²) in [5.74, 6) is 0.157. The molecule has 0 saturated heterocycles. The van der Waals surface area contributed by atoms with Gasteiger partial charge in [-0.2, -0.15) is 0 Å². The molecule has 4 nitrogen and oxygen atoms in total. The number of nitrogens with two attached hydrogens (primary N) is 1. The maximum Gasteiger partial charge on any atom is 0.147 e. The van der Waals surface area contributed by atoms with Crippen molar-refractivity contribution in [1.82, 2.24) is 0 Å². The van der Waals surface area contributed by atoms with E-state index in [4.69, 9.17) is 17.3 Å². The molecule has 0 aliphatic rings. The van der Waals surface area contributed by atoms with Crippen molar-refractivity contribution in [2.45, 2.75) is 6.42 Å². The Bertz CT molecular complexity index is 440. The second-order valence-corrected chi connectivity index (χ2v) is 6.28. The Morgan fingerprint density at radius 3 is 2.69 bits per heavy atom. The van der Waals surface area contributed by atoms with Crippen molar-refractivity contribution in [2.75, 3.05) is 29.6 Å². The number of nitrogens with one attached hydrogen (secondary N) is 1. The smallest absolute Gasteiger partial charge is 0.147 e. The SMILES string of the molecule is CS(=O)(=O)CCCNc1c(N)cccc1Cl. The number of sulfone groups is 1. The number of benzene rings is 1. The normalized spacial score (nSPS) is 11.4. The van der Waals surface area contributed by atoms with Gasteiger partial charge in [0.2, 0.25) is 0 Å². The van der Waals surface area contributed by atoms with Gasteiger partial charge >= 0.3 is 0 Å². The molecule has 0 fully saturated rings. The van der Waals surface area contributed by atoms with E-state index in [1.165, 1.54) is 6.26 Å². The van der Waals surface area contributed by atoms with Gasteiger partial charge in [-0.1, -0.05) is 17.7 Å². The van der Waals surface area contributed by atoms with Gasteiger partial charge in [0.15, 0.2) is 0 Å². The second-order valence-electron chi connectivity index (χ2n) is 3.61. The van der Waals surface area contributed by atoms with Crippen molar-refractivity contribution in [1.29, 1.82) is 0 Å². The molecule has 0 atom stereocenters. The molecule has 0 aliphatic carbocycles. The van der Waals surface area contributed by atoms with Crippen LogP contribution in [0.25, 0.3) is 0 Å². The zero-order chi connectivity index (χ0) is 12.2. The van der Waals surface area contributed by atoms with Crippen molar-refractivity contribution >= 4 is 32.8 Å². The highest BCUT2D eigenvalue weighted by atomic mass is 35.5. The Balaban J connectivity index is 2.49. The molecule has 0 aromatic heterocycles. The van der Waals surface area contributed by atoms with Gasteiger partial charge in [-0.05, 0) is 18.6 Å². The van der Waals surface area contributed by atoms with Gasteiger partial charge in [0.1, 0.15) is 9.84 Å². The monoisotopic (exact) mass is 262 g/mol. The van der Waals surface area contributed by atoms with Gasteiger partial charge in [-0.15, -0.1) is 0 Å². The van der Waals surface area contributed by atoms with Crippen LogP contribution in [0.15, 0.2) is 18.2 Å². The van der Waals surface area contributed by atoms with Crippen LogP contribution in [0.4, 0.5) is 11.4 Å². The molecule has 90 valence electrons. The Morgan fingerprint density at radius 2 is 2.12 bits per heavy atom. The van der Waals surface area contributed by atoms with Gasteiger partial charge in [-0.25, -0.2) is 8.42 Å². The fourth-order valence-corrected chi connectivity index (χ4v) is 2.19. The molecule has 0 radical (unpaired) electrons. The third-order valence-electron chi connectivity index (χ3n) is 2.04. The molecule has 0 aliphatic heterocycles. The first-order valence-electron chi connectivity index (χ1n) is 4.86.